The highest BCUT2D eigenvalue weighted by atomic mass is 32.2. The number of rotatable bonds is 4. The van der Waals surface area contributed by atoms with E-state index in [1.54, 1.807) is 34.5 Å². The van der Waals surface area contributed by atoms with E-state index >= 15 is 0 Å². The minimum absolute atomic E-state index is 0.161. The Morgan fingerprint density at radius 2 is 1.82 bits per heavy atom. The van der Waals surface area contributed by atoms with Crippen LogP contribution in [0.2, 0.25) is 0 Å². The number of hydrogen-bond acceptors (Lipinski definition) is 5. The number of nitrogens with one attached hydrogen (secondary N) is 1. The van der Waals surface area contributed by atoms with Crippen LogP contribution in [0.4, 0.5) is 5.13 Å². The number of sulfonamides is 1. The van der Waals surface area contributed by atoms with Gasteiger partial charge in [-0.2, -0.15) is 0 Å². The SMILES string of the molecule is Cc1ccc(S(=O)(=O)Nc2nc(C(=O)N3CCc4ccccc4C3)cs2)cc1. The van der Waals surface area contributed by atoms with Gasteiger partial charge in [0.2, 0.25) is 0 Å². The molecule has 0 radical (unpaired) electrons. The summed E-state index contributed by atoms with van der Waals surface area (Å²) >= 11 is 1.10. The fourth-order valence-corrected chi connectivity index (χ4v) is 5.08. The molecule has 0 atom stereocenters. The molecule has 28 heavy (non-hydrogen) atoms. The zero-order chi connectivity index (χ0) is 19.7. The number of aromatic nitrogens is 1. The highest BCUT2D eigenvalue weighted by Gasteiger charge is 2.24. The van der Waals surface area contributed by atoms with E-state index in [4.69, 9.17) is 0 Å². The molecule has 1 aliphatic rings. The van der Waals surface area contributed by atoms with Crippen molar-refractivity contribution in [1.82, 2.24) is 9.88 Å². The van der Waals surface area contributed by atoms with Gasteiger partial charge in [-0.15, -0.1) is 11.3 Å². The van der Waals surface area contributed by atoms with Gasteiger partial charge in [-0.25, -0.2) is 13.4 Å². The Bertz CT molecular complexity index is 1120. The van der Waals surface area contributed by atoms with Gasteiger partial charge < -0.3 is 4.90 Å². The average molecular weight is 414 g/mol. The van der Waals surface area contributed by atoms with Crippen LogP contribution in [0, 0.1) is 6.92 Å². The zero-order valence-corrected chi connectivity index (χ0v) is 16.9. The van der Waals surface area contributed by atoms with Crippen molar-refractivity contribution >= 4 is 32.4 Å². The zero-order valence-electron chi connectivity index (χ0n) is 15.3. The number of aryl methyl sites for hydroxylation is 1. The number of carbonyl (C=O) groups is 1. The lowest BCUT2D eigenvalue weighted by Crippen LogP contribution is -2.36. The molecule has 0 fully saturated rings. The molecule has 0 unspecified atom stereocenters. The topological polar surface area (TPSA) is 79.4 Å². The summed E-state index contributed by atoms with van der Waals surface area (Å²) in [5, 5.41) is 1.77. The molecule has 1 aliphatic heterocycles. The van der Waals surface area contributed by atoms with E-state index in [1.807, 2.05) is 25.1 Å². The standard InChI is InChI=1S/C20H19N3O3S2/c1-14-6-8-17(9-7-14)28(25,26)22-20-21-18(13-27-20)19(24)23-11-10-15-4-2-3-5-16(15)12-23/h2-9,13H,10-12H2,1H3,(H,21,22). The minimum atomic E-state index is -3.73. The van der Waals surface area contributed by atoms with Gasteiger partial charge in [0, 0.05) is 18.5 Å². The van der Waals surface area contributed by atoms with Crippen LogP contribution in [-0.2, 0) is 23.0 Å². The fraction of sp³-hybridized carbons (Fsp3) is 0.200. The molecule has 2 aromatic carbocycles. The van der Waals surface area contributed by atoms with Crippen molar-refractivity contribution in [2.24, 2.45) is 0 Å². The van der Waals surface area contributed by atoms with Crippen LogP contribution >= 0.6 is 11.3 Å². The maximum Gasteiger partial charge on any atom is 0.273 e. The molecular weight excluding hydrogens is 394 g/mol. The van der Waals surface area contributed by atoms with Crippen molar-refractivity contribution in [2.45, 2.75) is 24.8 Å². The summed E-state index contributed by atoms with van der Waals surface area (Å²) in [6, 6.07) is 14.6. The molecule has 8 heteroatoms. The maximum atomic E-state index is 12.8. The average Bonchev–Trinajstić information content (AvgIpc) is 3.15. The van der Waals surface area contributed by atoms with Gasteiger partial charge >= 0.3 is 0 Å². The van der Waals surface area contributed by atoms with Crippen molar-refractivity contribution in [1.29, 1.82) is 0 Å². The van der Waals surface area contributed by atoms with Gasteiger partial charge in [0.15, 0.2) is 5.13 Å². The summed E-state index contributed by atoms with van der Waals surface area (Å²) in [5.74, 6) is -0.188. The lowest BCUT2D eigenvalue weighted by atomic mass is 10.00. The third-order valence-corrected chi connectivity index (χ3v) is 6.94. The van der Waals surface area contributed by atoms with Gasteiger partial charge in [-0.05, 0) is 36.6 Å². The van der Waals surface area contributed by atoms with Gasteiger partial charge in [-0.1, -0.05) is 42.0 Å². The number of fused-ring (bicyclic) bond motifs is 1. The van der Waals surface area contributed by atoms with Crippen molar-refractivity contribution in [3.8, 4) is 0 Å². The predicted octanol–water partition coefficient (Wildman–Crippen LogP) is 3.45. The number of carbonyl (C=O) groups excluding carboxylic acids is 1. The molecule has 0 bridgehead atoms. The van der Waals surface area contributed by atoms with Crippen LogP contribution in [0.15, 0.2) is 58.8 Å². The lowest BCUT2D eigenvalue weighted by Gasteiger charge is -2.28. The molecular formula is C20H19N3O3S2. The van der Waals surface area contributed by atoms with Crippen molar-refractivity contribution in [3.63, 3.8) is 0 Å². The first-order valence-corrected chi connectivity index (χ1v) is 11.2. The van der Waals surface area contributed by atoms with Crippen LogP contribution in [0.3, 0.4) is 0 Å². The number of thiazole rings is 1. The number of amides is 1. The maximum absolute atomic E-state index is 12.8. The van der Waals surface area contributed by atoms with E-state index < -0.39 is 10.0 Å². The monoisotopic (exact) mass is 413 g/mol. The molecule has 0 saturated carbocycles. The largest absolute Gasteiger partial charge is 0.333 e. The van der Waals surface area contributed by atoms with E-state index in [0.717, 1.165) is 28.9 Å². The minimum Gasteiger partial charge on any atom is -0.333 e. The molecule has 0 spiro atoms. The van der Waals surface area contributed by atoms with E-state index in [0.29, 0.717) is 13.1 Å². The van der Waals surface area contributed by atoms with Gasteiger partial charge in [0.25, 0.3) is 15.9 Å². The number of hydrogen-bond donors (Lipinski definition) is 1. The normalized spacial score (nSPS) is 13.8. The second-order valence-electron chi connectivity index (χ2n) is 6.70. The summed E-state index contributed by atoms with van der Waals surface area (Å²) in [6.07, 6.45) is 0.805. The van der Waals surface area contributed by atoms with Crippen molar-refractivity contribution in [2.75, 3.05) is 11.3 Å². The first-order chi connectivity index (χ1) is 13.4. The Balaban J connectivity index is 1.48. The van der Waals surface area contributed by atoms with Crippen LogP contribution < -0.4 is 4.72 Å². The summed E-state index contributed by atoms with van der Waals surface area (Å²) in [7, 11) is -3.73. The first-order valence-electron chi connectivity index (χ1n) is 8.83. The Hall–Kier alpha value is -2.71. The third-order valence-electron chi connectivity index (χ3n) is 4.69. The third kappa shape index (κ3) is 3.79. The molecule has 2 heterocycles. The van der Waals surface area contributed by atoms with Crippen LogP contribution in [-0.4, -0.2) is 30.8 Å². The number of anilines is 1. The Kier molecular flexibility index (Phi) is 4.91. The lowest BCUT2D eigenvalue weighted by molar-refractivity contribution is 0.0729. The number of nitrogens with zero attached hydrogens (tertiary/aromatic N) is 2. The highest BCUT2D eigenvalue weighted by molar-refractivity contribution is 7.93. The molecule has 144 valence electrons. The molecule has 6 nitrogen and oxygen atoms in total. The van der Waals surface area contributed by atoms with Crippen molar-refractivity contribution < 1.29 is 13.2 Å². The predicted molar refractivity (Wildman–Crippen MR) is 109 cm³/mol. The van der Waals surface area contributed by atoms with Crippen LogP contribution in [0.1, 0.15) is 27.2 Å². The molecule has 1 N–H and O–H groups in total. The van der Waals surface area contributed by atoms with E-state index in [9.17, 15) is 13.2 Å². The van der Waals surface area contributed by atoms with Crippen LogP contribution in [0.25, 0.3) is 0 Å². The smallest absolute Gasteiger partial charge is 0.273 e. The van der Waals surface area contributed by atoms with Gasteiger partial charge in [-0.3, -0.25) is 9.52 Å². The van der Waals surface area contributed by atoms with Gasteiger partial charge in [0.1, 0.15) is 5.69 Å². The van der Waals surface area contributed by atoms with Crippen LogP contribution in [0.5, 0.6) is 0 Å². The second kappa shape index (κ2) is 7.37. The summed E-state index contributed by atoms with van der Waals surface area (Å²) in [5.41, 5.74) is 3.63. The Morgan fingerprint density at radius 3 is 2.57 bits per heavy atom. The summed E-state index contributed by atoms with van der Waals surface area (Å²) < 4.78 is 27.4. The molecule has 0 aliphatic carbocycles. The van der Waals surface area contributed by atoms with E-state index in [-0.39, 0.29) is 21.6 Å². The first kappa shape index (κ1) is 18.6. The summed E-state index contributed by atoms with van der Waals surface area (Å²) in [4.78, 5) is 18.9. The summed E-state index contributed by atoms with van der Waals surface area (Å²) in [6.45, 7) is 3.05. The van der Waals surface area contributed by atoms with Crippen molar-refractivity contribution in [3.05, 3.63) is 76.3 Å². The fourth-order valence-electron chi connectivity index (χ4n) is 3.14. The molecule has 1 aromatic heterocycles. The quantitative estimate of drug-likeness (QED) is 0.710. The van der Waals surface area contributed by atoms with E-state index in [1.165, 1.54) is 5.56 Å². The number of benzene rings is 2. The van der Waals surface area contributed by atoms with Gasteiger partial charge in [0.05, 0.1) is 4.90 Å². The molecule has 1 amide bonds. The highest BCUT2D eigenvalue weighted by Crippen LogP contribution is 2.24. The molecule has 3 aromatic rings. The molecule has 0 saturated heterocycles. The second-order valence-corrected chi connectivity index (χ2v) is 9.24. The Labute approximate surface area is 167 Å². The van der Waals surface area contributed by atoms with E-state index in [2.05, 4.69) is 15.8 Å². The Morgan fingerprint density at radius 1 is 1.11 bits per heavy atom. The molecule has 4 rings (SSSR count).